The van der Waals surface area contributed by atoms with Gasteiger partial charge >= 0.3 is 11.9 Å². The number of ketones is 1. The van der Waals surface area contributed by atoms with Gasteiger partial charge in [-0.05, 0) is 39.5 Å². The van der Waals surface area contributed by atoms with Crippen LogP contribution in [0.15, 0.2) is 23.8 Å². The summed E-state index contributed by atoms with van der Waals surface area (Å²) in [5.74, 6) is -3.64. The fourth-order valence-electron chi connectivity index (χ4n) is 7.75. The van der Waals surface area contributed by atoms with E-state index in [1.165, 1.54) is 116 Å². The maximum Gasteiger partial charge on any atom is 0.320 e. The molecule has 5 heteroatoms. The number of rotatable bonds is 26. The first-order chi connectivity index (χ1) is 21.3. The first-order valence-electron chi connectivity index (χ1n) is 18.6. The van der Waals surface area contributed by atoms with Crippen molar-refractivity contribution in [3.63, 3.8) is 0 Å². The minimum Gasteiger partial charge on any atom is -0.481 e. The fourth-order valence-corrected chi connectivity index (χ4v) is 7.75. The SMILES string of the molecule is CCCCCCCCCCCC/C=C/[C@@]12C(=O)O[C@@H](C)[C@@H]1[C@H](C(C)=O)[C@H](C(=O)O)C=C2CCCCCCCCCCCCC. The smallest absolute Gasteiger partial charge is 0.320 e. The van der Waals surface area contributed by atoms with Gasteiger partial charge < -0.3 is 9.84 Å². The van der Waals surface area contributed by atoms with Crippen molar-refractivity contribution in [1.29, 1.82) is 0 Å². The summed E-state index contributed by atoms with van der Waals surface area (Å²) < 4.78 is 5.84. The Morgan fingerprint density at radius 1 is 0.773 bits per heavy atom. The van der Waals surface area contributed by atoms with Crippen LogP contribution in [0.5, 0.6) is 0 Å². The molecule has 1 heterocycles. The molecular formula is C39H66O5. The zero-order valence-corrected chi connectivity index (χ0v) is 28.9. The number of Topliss-reactive ketones (excluding diaryl/α,β-unsaturated/α-hetero) is 1. The highest BCUT2D eigenvalue weighted by Crippen LogP contribution is 2.57. The molecular weight excluding hydrogens is 548 g/mol. The number of fused-ring (bicyclic) bond motifs is 1. The Balaban J connectivity index is 2.00. The van der Waals surface area contributed by atoms with Gasteiger partial charge in [0.15, 0.2) is 0 Å². The minimum atomic E-state index is -1.03. The van der Waals surface area contributed by atoms with E-state index in [0.717, 1.165) is 37.7 Å². The number of cyclic esters (lactones) is 1. The van der Waals surface area contributed by atoms with Crippen LogP contribution >= 0.6 is 0 Å². The highest BCUT2D eigenvalue weighted by Gasteiger charge is 2.63. The first kappa shape index (κ1) is 38.3. The molecule has 252 valence electrons. The second kappa shape index (κ2) is 21.8. The van der Waals surface area contributed by atoms with Crippen molar-refractivity contribution in [1.82, 2.24) is 0 Å². The molecule has 5 atom stereocenters. The fraction of sp³-hybridized carbons (Fsp3) is 0.821. The Kier molecular flexibility index (Phi) is 18.9. The maximum absolute atomic E-state index is 13.7. The topological polar surface area (TPSA) is 80.7 Å². The largest absolute Gasteiger partial charge is 0.481 e. The van der Waals surface area contributed by atoms with Crippen molar-refractivity contribution in [3.8, 4) is 0 Å². The molecule has 0 saturated carbocycles. The molecule has 0 bridgehead atoms. The number of hydrogen-bond acceptors (Lipinski definition) is 4. The van der Waals surface area contributed by atoms with Crippen LogP contribution in [0.25, 0.3) is 0 Å². The van der Waals surface area contributed by atoms with E-state index < -0.39 is 35.2 Å². The van der Waals surface area contributed by atoms with E-state index in [2.05, 4.69) is 19.9 Å². The van der Waals surface area contributed by atoms with E-state index in [0.29, 0.717) is 6.42 Å². The number of allylic oxidation sites excluding steroid dienone is 1. The van der Waals surface area contributed by atoms with Gasteiger partial charge in [0.2, 0.25) is 0 Å². The molecule has 2 rings (SSSR count). The van der Waals surface area contributed by atoms with Gasteiger partial charge in [-0.2, -0.15) is 0 Å². The van der Waals surface area contributed by atoms with Crippen LogP contribution in [-0.4, -0.2) is 28.9 Å². The highest BCUT2D eigenvalue weighted by molar-refractivity contribution is 5.93. The Hall–Kier alpha value is -1.91. The molecule has 0 radical (unpaired) electrons. The molecule has 0 unspecified atom stereocenters. The molecule has 1 fully saturated rings. The summed E-state index contributed by atoms with van der Waals surface area (Å²) >= 11 is 0. The summed E-state index contributed by atoms with van der Waals surface area (Å²) in [5, 5.41) is 10.1. The highest BCUT2D eigenvalue weighted by atomic mass is 16.6. The second-order valence-electron chi connectivity index (χ2n) is 13.9. The number of carboxylic acids is 1. The molecule has 1 N–H and O–H groups in total. The van der Waals surface area contributed by atoms with Crippen LogP contribution in [-0.2, 0) is 19.1 Å². The van der Waals surface area contributed by atoms with E-state index in [4.69, 9.17) is 4.74 Å². The molecule has 2 aliphatic rings. The van der Waals surface area contributed by atoms with Crippen molar-refractivity contribution < 1.29 is 24.2 Å². The number of carbonyl (C=O) groups excluding carboxylic acids is 2. The van der Waals surface area contributed by atoms with Gasteiger partial charge in [-0.15, -0.1) is 0 Å². The van der Waals surface area contributed by atoms with Gasteiger partial charge in [0.05, 0.1) is 5.92 Å². The van der Waals surface area contributed by atoms with Crippen LogP contribution in [0.3, 0.4) is 0 Å². The number of carboxylic acid groups (broad SMARTS) is 1. The molecule has 0 aromatic rings. The normalized spacial score (nSPS) is 24.8. The van der Waals surface area contributed by atoms with Crippen molar-refractivity contribution in [2.45, 2.75) is 181 Å². The van der Waals surface area contributed by atoms with Crippen LogP contribution in [0.4, 0.5) is 0 Å². The van der Waals surface area contributed by atoms with E-state index in [1.54, 1.807) is 6.08 Å². The summed E-state index contributed by atoms with van der Waals surface area (Å²) in [5.41, 5.74) is -0.171. The third kappa shape index (κ3) is 11.8. The molecule has 1 aliphatic heterocycles. The summed E-state index contributed by atoms with van der Waals surface area (Å²) in [4.78, 5) is 39.0. The molecule has 0 aromatic carbocycles. The second-order valence-corrected chi connectivity index (χ2v) is 13.9. The van der Waals surface area contributed by atoms with Crippen LogP contribution in [0.2, 0.25) is 0 Å². The Morgan fingerprint density at radius 3 is 1.68 bits per heavy atom. The van der Waals surface area contributed by atoms with Crippen LogP contribution < -0.4 is 0 Å². The third-order valence-corrected chi connectivity index (χ3v) is 10.3. The summed E-state index contributed by atoms with van der Waals surface area (Å²) in [6.07, 6.45) is 33.3. The van der Waals surface area contributed by atoms with E-state index in [-0.39, 0.29) is 11.8 Å². The average molecular weight is 615 g/mol. The Bertz CT molecular complexity index is 904. The van der Waals surface area contributed by atoms with Gasteiger partial charge in [-0.1, -0.05) is 160 Å². The summed E-state index contributed by atoms with van der Waals surface area (Å²) in [6, 6.07) is 0. The van der Waals surface area contributed by atoms with Crippen molar-refractivity contribution in [2.75, 3.05) is 0 Å². The van der Waals surface area contributed by atoms with Crippen molar-refractivity contribution in [3.05, 3.63) is 23.8 Å². The zero-order valence-electron chi connectivity index (χ0n) is 28.9. The number of hydrogen-bond donors (Lipinski definition) is 1. The first-order valence-corrected chi connectivity index (χ1v) is 18.6. The molecule has 0 aromatic heterocycles. The van der Waals surface area contributed by atoms with Crippen molar-refractivity contribution >= 4 is 17.7 Å². The number of unbranched alkanes of at least 4 members (excludes halogenated alkanes) is 20. The lowest BCUT2D eigenvalue weighted by atomic mass is 9.56. The van der Waals surface area contributed by atoms with E-state index >= 15 is 0 Å². The Morgan fingerprint density at radius 2 is 1.23 bits per heavy atom. The van der Waals surface area contributed by atoms with Gasteiger partial charge in [-0.3, -0.25) is 14.4 Å². The molecule has 1 saturated heterocycles. The summed E-state index contributed by atoms with van der Waals surface area (Å²) in [7, 11) is 0. The van der Waals surface area contributed by atoms with Gasteiger partial charge in [0, 0.05) is 11.8 Å². The predicted octanol–water partition coefficient (Wildman–Crippen LogP) is 10.9. The number of esters is 1. The molecule has 0 spiro atoms. The molecule has 0 amide bonds. The molecule has 44 heavy (non-hydrogen) atoms. The van der Waals surface area contributed by atoms with E-state index in [9.17, 15) is 19.5 Å². The zero-order chi connectivity index (χ0) is 32.2. The lowest BCUT2D eigenvalue weighted by Gasteiger charge is -2.42. The summed E-state index contributed by atoms with van der Waals surface area (Å²) in [6.45, 7) is 7.81. The molecule has 1 aliphatic carbocycles. The number of aliphatic carboxylic acids is 1. The number of carbonyl (C=O) groups is 3. The monoisotopic (exact) mass is 614 g/mol. The standard InChI is InChI=1S/C39H66O5/c1-5-7-9-11-13-15-17-19-21-23-25-27-29-39-33(28-26-24-22-20-18-16-14-12-10-8-6-2)30-34(37(41)42)35(31(3)40)36(39)32(4)44-38(39)43/h27,29-30,32,34-36H,5-26,28H2,1-4H3,(H,41,42)/b29-27+/t32-,34+,35+,36+,39-/m0/s1. The maximum atomic E-state index is 13.7. The Labute approximate surface area is 270 Å². The van der Waals surface area contributed by atoms with Gasteiger partial charge in [0.1, 0.15) is 17.3 Å². The molecule has 5 nitrogen and oxygen atoms in total. The lowest BCUT2D eigenvalue weighted by molar-refractivity contribution is -0.148. The van der Waals surface area contributed by atoms with Gasteiger partial charge in [-0.25, -0.2) is 0 Å². The van der Waals surface area contributed by atoms with Crippen LogP contribution in [0.1, 0.15) is 175 Å². The van der Waals surface area contributed by atoms with E-state index in [1.807, 2.05) is 13.0 Å². The quantitative estimate of drug-likeness (QED) is 0.0595. The lowest BCUT2D eigenvalue weighted by Crippen LogP contribution is -2.49. The minimum absolute atomic E-state index is 0.176. The number of ether oxygens (including phenoxy) is 1. The third-order valence-electron chi connectivity index (χ3n) is 10.3. The van der Waals surface area contributed by atoms with Crippen molar-refractivity contribution in [2.24, 2.45) is 23.2 Å². The predicted molar refractivity (Wildman–Crippen MR) is 182 cm³/mol. The van der Waals surface area contributed by atoms with Crippen LogP contribution in [0, 0.1) is 23.2 Å². The average Bonchev–Trinajstić information content (AvgIpc) is 3.25. The van der Waals surface area contributed by atoms with Gasteiger partial charge in [0.25, 0.3) is 0 Å².